The van der Waals surface area contributed by atoms with Crippen LogP contribution in [0.5, 0.6) is 0 Å². The number of carbonyl (C=O) groups excluding carboxylic acids is 2. The number of primary amides is 1. The average Bonchev–Trinajstić information content (AvgIpc) is 2.58. The van der Waals surface area contributed by atoms with Gasteiger partial charge in [-0.1, -0.05) is 55.8 Å². The normalized spacial score (nSPS) is 11.7. The summed E-state index contributed by atoms with van der Waals surface area (Å²) in [6.45, 7) is 2.45. The summed E-state index contributed by atoms with van der Waals surface area (Å²) in [6, 6.07) is 16.8. The van der Waals surface area contributed by atoms with Gasteiger partial charge in [0, 0.05) is 12.1 Å². The van der Waals surface area contributed by atoms with Crippen LogP contribution in [0.15, 0.2) is 54.6 Å². The molecule has 2 amide bonds. The van der Waals surface area contributed by atoms with E-state index in [4.69, 9.17) is 5.73 Å². The van der Waals surface area contributed by atoms with Gasteiger partial charge in [0.2, 0.25) is 11.8 Å². The molecule has 0 fully saturated rings. The Hall–Kier alpha value is -2.62. The first-order valence-corrected chi connectivity index (χ1v) is 7.83. The molecule has 0 aromatic heterocycles. The van der Waals surface area contributed by atoms with Crippen LogP contribution in [0.3, 0.4) is 0 Å². The van der Waals surface area contributed by atoms with Gasteiger partial charge >= 0.3 is 0 Å². The van der Waals surface area contributed by atoms with Crippen LogP contribution >= 0.6 is 0 Å². The van der Waals surface area contributed by atoms with Crippen molar-refractivity contribution in [2.45, 2.75) is 32.2 Å². The van der Waals surface area contributed by atoms with Crippen molar-refractivity contribution in [1.29, 1.82) is 0 Å². The van der Waals surface area contributed by atoms with Crippen LogP contribution in [-0.4, -0.2) is 11.8 Å². The van der Waals surface area contributed by atoms with Gasteiger partial charge in [0.1, 0.15) is 0 Å². The summed E-state index contributed by atoms with van der Waals surface area (Å²) in [6.07, 6.45) is 1.74. The fourth-order valence-electron chi connectivity index (χ4n) is 2.57. The summed E-state index contributed by atoms with van der Waals surface area (Å²) in [4.78, 5) is 23.7. The zero-order chi connectivity index (χ0) is 16.7. The van der Waals surface area contributed by atoms with Gasteiger partial charge in [-0.25, -0.2) is 0 Å². The summed E-state index contributed by atoms with van der Waals surface area (Å²) < 4.78 is 0. The molecule has 1 unspecified atom stereocenters. The molecular formula is C19H22N2O2. The SMILES string of the molecule is CCCC(C(=O)NCc1cccc(C(N)=O)c1)c1ccccc1. The Morgan fingerprint density at radius 3 is 2.48 bits per heavy atom. The number of nitrogens with two attached hydrogens (primary N) is 1. The average molecular weight is 310 g/mol. The number of benzene rings is 2. The molecule has 0 saturated heterocycles. The second-order valence-electron chi connectivity index (χ2n) is 5.53. The number of rotatable bonds is 7. The van der Waals surface area contributed by atoms with E-state index in [1.54, 1.807) is 18.2 Å². The Morgan fingerprint density at radius 2 is 1.83 bits per heavy atom. The number of hydrogen-bond donors (Lipinski definition) is 2. The first kappa shape index (κ1) is 16.7. The van der Waals surface area contributed by atoms with Gasteiger partial charge in [0.25, 0.3) is 0 Å². The lowest BCUT2D eigenvalue weighted by Gasteiger charge is -2.16. The number of hydrogen-bond acceptors (Lipinski definition) is 2. The minimum Gasteiger partial charge on any atom is -0.366 e. The summed E-state index contributed by atoms with van der Waals surface area (Å²) in [5.41, 5.74) is 7.61. The van der Waals surface area contributed by atoms with E-state index in [0.29, 0.717) is 12.1 Å². The van der Waals surface area contributed by atoms with Crippen LogP contribution in [0.25, 0.3) is 0 Å². The number of nitrogens with one attached hydrogen (secondary N) is 1. The zero-order valence-electron chi connectivity index (χ0n) is 13.3. The van der Waals surface area contributed by atoms with Crippen molar-refractivity contribution in [1.82, 2.24) is 5.32 Å². The Balaban J connectivity index is 2.05. The topological polar surface area (TPSA) is 72.2 Å². The van der Waals surface area contributed by atoms with Crippen molar-refractivity contribution in [3.63, 3.8) is 0 Å². The van der Waals surface area contributed by atoms with E-state index in [1.807, 2.05) is 36.4 Å². The molecule has 2 aromatic rings. The number of amides is 2. The highest BCUT2D eigenvalue weighted by Crippen LogP contribution is 2.21. The van der Waals surface area contributed by atoms with E-state index >= 15 is 0 Å². The fourth-order valence-corrected chi connectivity index (χ4v) is 2.57. The molecule has 0 saturated carbocycles. The molecule has 0 aliphatic rings. The van der Waals surface area contributed by atoms with Crippen molar-refractivity contribution in [3.8, 4) is 0 Å². The zero-order valence-corrected chi connectivity index (χ0v) is 13.3. The van der Waals surface area contributed by atoms with Crippen LogP contribution < -0.4 is 11.1 Å². The van der Waals surface area contributed by atoms with Gasteiger partial charge in [0.05, 0.1) is 5.92 Å². The first-order valence-electron chi connectivity index (χ1n) is 7.83. The van der Waals surface area contributed by atoms with Gasteiger partial charge < -0.3 is 11.1 Å². The molecule has 0 aliphatic heterocycles. The molecule has 0 bridgehead atoms. The van der Waals surface area contributed by atoms with Crippen molar-refractivity contribution >= 4 is 11.8 Å². The predicted octanol–water partition coefficient (Wildman–Crippen LogP) is 2.99. The summed E-state index contributed by atoms with van der Waals surface area (Å²) in [5.74, 6) is -0.616. The molecule has 0 spiro atoms. The lowest BCUT2D eigenvalue weighted by molar-refractivity contribution is -0.122. The van der Waals surface area contributed by atoms with Crippen molar-refractivity contribution in [2.75, 3.05) is 0 Å². The molecule has 0 aliphatic carbocycles. The maximum atomic E-state index is 12.5. The van der Waals surface area contributed by atoms with Crippen LogP contribution in [0.2, 0.25) is 0 Å². The third-order valence-electron chi connectivity index (χ3n) is 3.77. The van der Waals surface area contributed by atoms with Crippen molar-refractivity contribution in [2.24, 2.45) is 5.73 Å². The molecule has 3 N–H and O–H groups in total. The predicted molar refractivity (Wildman–Crippen MR) is 90.9 cm³/mol. The minimum atomic E-state index is -0.466. The summed E-state index contributed by atoms with van der Waals surface area (Å²) >= 11 is 0. The molecule has 1 atom stereocenters. The molecule has 120 valence electrons. The highest BCUT2D eigenvalue weighted by Gasteiger charge is 2.19. The first-order chi connectivity index (χ1) is 11.1. The standard InChI is InChI=1S/C19H22N2O2/c1-2-7-17(15-9-4-3-5-10-15)19(23)21-13-14-8-6-11-16(12-14)18(20)22/h3-6,8-12,17H,2,7,13H2,1H3,(H2,20,22)(H,21,23). The highest BCUT2D eigenvalue weighted by molar-refractivity contribution is 5.92. The monoisotopic (exact) mass is 310 g/mol. The second-order valence-corrected chi connectivity index (χ2v) is 5.53. The van der Waals surface area contributed by atoms with E-state index in [0.717, 1.165) is 24.0 Å². The molecule has 0 radical (unpaired) electrons. The molecule has 2 rings (SSSR count). The quantitative estimate of drug-likeness (QED) is 0.825. The van der Waals surface area contributed by atoms with Gasteiger partial charge in [-0.15, -0.1) is 0 Å². The molecule has 4 heteroatoms. The van der Waals surface area contributed by atoms with Crippen LogP contribution in [0, 0.1) is 0 Å². The third-order valence-corrected chi connectivity index (χ3v) is 3.77. The Kier molecular flexibility index (Phi) is 5.92. The highest BCUT2D eigenvalue weighted by atomic mass is 16.2. The second kappa shape index (κ2) is 8.13. The Labute approximate surface area is 136 Å². The van der Waals surface area contributed by atoms with Crippen molar-refractivity contribution < 1.29 is 9.59 Å². The fraction of sp³-hybridized carbons (Fsp3) is 0.263. The molecule has 2 aromatic carbocycles. The minimum absolute atomic E-state index is 0.00234. The molecule has 0 heterocycles. The maximum Gasteiger partial charge on any atom is 0.248 e. The number of carbonyl (C=O) groups is 2. The van der Waals surface area contributed by atoms with Gasteiger partial charge in [-0.2, -0.15) is 0 Å². The van der Waals surface area contributed by atoms with Crippen LogP contribution in [-0.2, 0) is 11.3 Å². The van der Waals surface area contributed by atoms with Crippen molar-refractivity contribution in [3.05, 3.63) is 71.3 Å². The van der Waals surface area contributed by atoms with Crippen LogP contribution in [0.1, 0.15) is 47.2 Å². The van der Waals surface area contributed by atoms with E-state index in [9.17, 15) is 9.59 Å². The van der Waals surface area contributed by atoms with E-state index in [2.05, 4.69) is 12.2 Å². The van der Waals surface area contributed by atoms with Crippen LogP contribution in [0.4, 0.5) is 0 Å². The molecular weight excluding hydrogens is 288 g/mol. The van der Waals surface area contributed by atoms with Gasteiger partial charge in [-0.05, 0) is 29.7 Å². The lowest BCUT2D eigenvalue weighted by Crippen LogP contribution is -2.29. The van der Waals surface area contributed by atoms with E-state index in [1.165, 1.54) is 0 Å². The summed E-state index contributed by atoms with van der Waals surface area (Å²) in [5, 5.41) is 2.96. The smallest absolute Gasteiger partial charge is 0.248 e. The Morgan fingerprint density at radius 1 is 1.09 bits per heavy atom. The Bertz CT molecular complexity index is 668. The summed E-state index contributed by atoms with van der Waals surface area (Å²) in [7, 11) is 0. The third kappa shape index (κ3) is 4.68. The molecule has 4 nitrogen and oxygen atoms in total. The lowest BCUT2D eigenvalue weighted by atomic mass is 9.93. The van der Waals surface area contributed by atoms with E-state index < -0.39 is 5.91 Å². The van der Waals surface area contributed by atoms with Gasteiger partial charge in [0.15, 0.2) is 0 Å². The maximum absolute atomic E-state index is 12.5. The molecule has 23 heavy (non-hydrogen) atoms. The van der Waals surface area contributed by atoms with Gasteiger partial charge in [-0.3, -0.25) is 9.59 Å². The largest absolute Gasteiger partial charge is 0.366 e. The van der Waals surface area contributed by atoms with E-state index in [-0.39, 0.29) is 11.8 Å².